The Morgan fingerprint density at radius 2 is 1.90 bits per heavy atom. The molecule has 1 heterocycles. The first-order chi connectivity index (χ1) is 14.7. The van der Waals surface area contributed by atoms with E-state index in [1.807, 2.05) is 6.92 Å². The number of benzene rings is 2. The SMILES string of the molecule is CCC[C@@H](C)C(=O)O[C@H]1c2c(cc(O)c3c2C(=O)c2cccc(O)c2-3)C(=O)[C@]2(C)O[C@H]12. The number of carbonyl (C=O) groups is 3. The van der Waals surface area contributed by atoms with E-state index >= 15 is 0 Å². The molecule has 160 valence electrons. The predicted octanol–water partition coefficient (Wildman–Crippen LogP) is 3.68. The van der Waals surface area contributed by atoms with Gasteiger partial charge in [0.15, 0.2) is 23.3 Å². The molecule has 0 unspecified atom stereocenters. The number of phenols is 2. The molecular formula is C24H22O7. The molecule has 0 radical (unpaired) electrons. The maximum atomic E-state index is 13.3. The zero-order valence-corrected chi connectivity index (χ0v) is 17.4. The fourth-order valence-corrected chi connectivity index (χ4v) is 4.88. The predicted molar refractivity (Wildman–Crippen MR) is 109 cm³/mol. The van der Waals surface area contributed by atoms with Gasteiger partial charge in [-0.05, 0) is 25.5 Å². The van der Waals surface area contributed by atoms with Gasteiger partial charge in [0.05, 0.1) is 5.92 Å². The van der Waals surface area contributed by atoms with Crippen LogP contribution in [-0.2, 0) is 14.3 Å². The molecule has 0 saturated carbocycles. The van der Waals surface area contributed by atoms with Crippen molar-refractivity contribution in [1.29, 1.82) is 0 Å². The van der Waals surface area contributed by atoms with Crippen LogP contribution in [0.1, 0.15) is 71.6 Å². The number of rotatable bonds is 4. The van der Waals surface area contributed by atoms with E-state index in [1.165, 1.54) is 18.2 Å². The highest BCUT2D eigenvalue weighted by atomic mass is 16.6. The Bertz CT molecular complexity index is 1180. The van der Waals surface area contributed by atoms with Crippen LogP contribution >= 0.6 is 0 Å². The van der Waals surface area contributed by atoms with Crippen LogP contribution in [0.3, 0.4) is 0 Å². The summed E-state index contributed by atoms with van der Waals surface area (Å²) in [5.41, 5.74) is -0.145. The first-order valence-electron chi connectivity index (χ1n) is 10.4. The number of Topliss-reactive ketones (excluding diaryl/α,β-unsaturated/α-hetero) is 1. The minimum Gasteiger partial charge on any atom is -0.507 e. The smallest absolute Gasteiger partial charge is 0.309 e. The van der Waals surface area contributed by atoms with Crippen molar-refractivity contribution in [2.24, 2.45) is 5.92 Å². The molecule has 2 N–H and O–H groups in total. The Kier molecular flexibility index (Phi) is 4.08. The number of esters is 1. The van der Waals surface area contributed by atoms with Crippen LogP contribution in [0, 0.1) is 5.92 Å². The second kappa shape index (κ2) is 6.40. The average Bonchev–Trinajstić information content (AvgIpc) is 3.34. The fourth-order valence-electron chi connectivity index (χ4n) is 4.88. The second-order valence-corrected chi connectivity index (χ2v) is 8.66. The van der Waals surface area contributed by atoms with E-state index in [9.17, 15) is 24.6 Å². The topological polar surface area (TPSA) is 113 Å². The maximum Gasteiger partial charge on any atom is 0.309 e. The molecule has 7 heteroatoms. The van der Waals surface area contributed by atoms with E-state index in [2.05, 4.69) is 0 Å². The third kappa shape index (κ3) is 2.53. The third-order valence-electron chi connectivity index (χ3n) is 6.59. The number of carbonyl (C=O) groups excluding carboxylic acids is 3. The standard InChI is InChI=1S/C24H22O7/c1-4-6-10(2)23(29)30-20-16-12(21(28)24(3)22(20)31-24)9-14(26)17-15-11(19(27)18(16)17)7-5-8-13(15)25/h5,7-10,20,22,25-26H,4,6H2,1-3H3/t10-,20+,22-,24+/m1/s1. The van der Waals surface area contributed by atoms with Crippen molar-refractivity contribution in [3.63, 3.8) is 0 Å². The van der Waals surface area contributed by atoms with Crippen LogP contribution in [0.5, 0.6) is 11.5 Å². The quantitative estimate of drug-likeness (QED) is 0.487. The van der Waals surface area contributed by atoms with Gasteiger partial charge in [-0.25, -0.2) is 0 Å². The molecule has 3 aliphatic rings. The van der Waals surface area contributed by atoms with Gasteiger partial charge in [-0.2, -0.15) is 0 Å². The number of ether oxygens (including phenoxy) is 2. The Balaban J connectivity index is 1.72. The number of hydrogen-bond donors (Lipinski definition) is 2. The van der Waals surface area contributed by atoms with E-state index in [0.29, 0.717) is 6.42 Å². The van der Waals surface area contributed by atoms with Crippen LogP contribution in [-0.4, -0.2) is 39.5 Å². The maximum absolute atomic E-state index is 13.3. The summed E-state index contributed by atoms with van der Waals surface area (Å²) in [7, 11) is 0. The van der Waals surface area contributed by atoms with Gasteiger partial charge >= 0.3 is 5.97 Å². The molecule has 1 aliphatic heterocycles. The van der Waals surface area contributed by atoms with E-state index in [0.717, 1.165) is 6.42 Å². The van der Waals surface area contributed by atoms with Gasteiger partial charge in [0.25, 0.3) is 0 Å². The normalized spacial score (nSPS) is 25.9. The van der Waals surface area contributed by atoms with Gasteiger partial charge in [-0.15, -0.1) is 0 Å². The summed E-state index contributed by atoms with van der Waals surface area (Å²) in [5.74, 6) is -2.03. The number of fused-ring (bicyclic) bond motifs is 6. The number of phenolic OH excluding ortho intramolecular Hbond substituents is 2. The minimum atomic E-state index is -1.16. The highest BCUT2D eigenvalue weighted by Crippen LogP contribution is 2.58. The molecule has 7 nitrogen and oxygen atoms in total. The lowest BCUT2D eigenvalue weighted by molar-refractivity contribution is -0.155. The van der Waals surface area contributed by atoms with Gasteiger partial charge in [0, 0.05) is 33.4 Å². The molecule has 4 atom stereocenters. The molecule has 0 spiro atoms. The Labute approximate surface area is 178 Å². The van der Waals surface area contributed by atoms with Gasteiger partial charge in [0.1, 0.15) is 17.6 Å². The van der Waals surface area contributed by atoms with Crippen molar-refractivity contribution in [1.82, 2.24) is 0 Å². The molecule has 0 amide bonds. The van der Waals surface area contributed by atoms with E-state index in [4.69, 9.17) is 9.47 Å². The van der Waals surface area contributed by atoms with Crippen molar-refractivity contribution in [2.75, 3.05) is 0 Å². The van der Waals surface area contributed by atoms with Crippen molar-refractivity contribution >= 4 is 17.5 Å². The highest BCUT2D eigenvalue weighted by molar-refractivity contribution is 6.26. The minimum absolute atomic E-state index is 0.0818. The summed E-state index contributed by atoms with van der Waals surface area (Å²) in [6.07, 6.45) is -0.209. The molecule has 1 fully saturated rings. The summed E-state index contributed by atoms with van der Waals surface area (Å²) in [4.78, 5) is 39.2. The van der Waals surface area contributed by atoms with Crippen molar-refractivity contribution < 1.29 is 34.1 Å². The van der Waals surface area contributed by atoms with Crippen LogP contribution in [0.15, 0.2) is 24.3 Å². The highest BCUT2D eigenvalue weighted by Gasteiger charge is 2.68. The molecule has 0 bridgehead atoms. The van der Waals surface area contributed by atoms with Crippen LogP contribution in [0.4, 0.5) is 0 Å². The lowest BCUT2D eigenvalue weighted by atomic mass is 9.78. The lowest BCUT2D eigenvalue weighted by Crippen LogP contribution is -2.36. The van der Waals surface area contributed by atoms with Crippen LogP contribution < -0.4 is 0 Å². The fraction of sp³-hybridized carbons (Fsp3) is 0.375. The first-order valence-corrected chi connectivity index (χ1v) is 10.4. The first kappa shape index (κ1) is 19.8. The lowest BCUT2D eigenvalue weighted by Gasteiger charge is -2.28. The number of aromatic hydroxyl groups is 2. The molecule has 0 aromatic heterocycles. The van der Waals surface area contributed by atoms with Crippen molar-refractivity contribution in [3.05, 3.63) is 46.5 Å². The second-order valence-electron chi connectivity index (χ2n) is 8.66. The van der Waals surface area contributed by atoms with Gasteiger partial charge < -0.3 is 19.7 Å². The molecular weight excluding hydrogens is 400 g/mol. The summed E-state index contributed by atoms with van der Waals surface area (Å²) >= 11 is 0. The summed E-state index contributed by atoms with van der Waals surface area (Å²) < 4.78 is 11.5. The zero-order chi connectivity index (χ0) is 22.2. The largest absolute Gasteiger partial charge is 0.507 e. The zero-order valence-electron chi connectivity index (χ0n) is 17.4. The molecule has 31 heavy (non-hydrogen) atoms. The monoisotopic (exact) mass is 422 g/mol. The Morgan fingerprint density at radius 1 is 1.16 bits per heavy atom. The van der Waals surface area contributed by atoms with E-state index in [1.54, 1.807) is 19.9 Å². The van der Waals surface area contributed by atoms with Crippen LogP contribution in [0.2, 0.25) is 0 Å². The van der Waals surface area contributed by atoms with Gasteiger partial charge in [-0.1, -0.05) is 32.4 Å². The number of ketones is 2. The van der Waals surface area contributed by atoms with Gasteiger partial charge in [-0.3, -0.25) is 14.4 Å². The number of epoxide rings is 1. The van der Waals surface area contributed by atoms with Gasteiger partial charge in [0.2, 0.25) is 0 Å². The number of hydrogen-bond acceptors (Lipinski definition) is 7. The summed E-state index contributed by atoms with van der Waals surface area (Å²) in [6.45, 7) is 5.36. The average molecular weight is 422 g/mol. The summed E-state index contributed by atoms with van der Waals surface area (Å²) in [5, 5.41) is 21.1. The Hall–Kier alpha value is -3.19. The Morgan fingerprint density at radius 3 is 2.61 bits per heavy atom. The molecule has 2 aromatic rings. The van der Waals surface area contributed by atoms with E-state index in [-0.39, 0.29) is 56.6 Å². The molecule has 2 aromatic carbocycles. The molecule has 2 aliphatic carbocycles. The summed E-state index contributed by atoms with van der Waals surface area (Å²) in [6, 6.07) is 5.80. The van der Waals surface area contributed by atoms with Crippen molar-refractivity contribution in [3.8, 4) is 22.6 Å². The van der Waals surface area contributed by atoms with E-state index < -0.39 is 29.6 Å². The molecule has 1 saturated heterocycles. The molecule has 5 rings (SSSR count). The van der Waals surface area contributed by atoms with Crippen molar-refractivity contribution in [2.45, 2.75) is 51.4 Å². The van der Waals surface area contributed by atoms with Crippen LogP contribution in [0.25, 0.3) is 11.1 Å². The third-order valence-corrected chi connectivity index (χ3v) is 6.59.